The van der Waals surface area contributed by atoms with Crippen molar-refractivity contribution in [2.24, 2.45) is 4.99 Å². The summed E-state index contributed by atoms with van der Waals surface area (Å²) in [6, 6.07) is 0.271. The molecule has 2 aliphatic rings. The summed E-state index contributed by atoms with van der Waals surface area (Å²) in [6.07, 6.45) is 12.7. The van der Waals surface area contributed by atoms with Crippen molar-refractivity contribution in [1.29, 1.82) is 0 Å². The quantitative estimate of drug-likeness (QED) is 0.241. The fourth-order valence-corrected chi connectivity index (χ4v) is 5.69. The Kier molecular flexibility index (Phi) is 11.3. The van der Waals surface area contributed by atoms with E-state index in [0.717, 1.165) is 44.8 Å². The molecular weight excluding hydrogens is 388 g/mol. The van der Waals surface area contributed by atoms with Crippen molar-refractivity contribution >= 4 is 16.0 Å². The third-order valence-corrected chi connectivity index (χ3v) is 7.97. The summed E-state index contributed by atoms with van der Waals surface area (Å²) in [5.41, 5.74) is 0. The topological polar surface area (TPSA) is 83.0 Å². The molecule has 0 aromatic rings. The molecule has 0 aromatic carbocycles. The molecule has 0 aromatic heterocycles. The predicted octanol–water partition coefficient (Wildman–Crippen LogP) is 2.88. The van der Waals surface area contributed by atoms with Gasteiger partial charge < -0.3 is 15.4 Å². The van der Waals surface area contributed by atoms with E-state index in [1.54, 1.807) is 11.4 Å². The number of unbranched alkanes of at least 4 members (excludes halogenated alkanes) is 1. The Hall–Kier alpha value is -0.860. The Morgan fingerprint density at radius 1 is 1.07 bits per heavy atom. The van der Waals surface area contributed by atoms with Gasteiger partial charge in [-0.2, -0.15) is 0 Å². The van der Waals surface area contributed by atoms with Crippen LogP contribution in [0, 0.1) is 0 Å². The number of aliphatic imine (C=N–C) groups is 1. The number of nitrogens with zero attached hydrogens (tertiary/aromatic N) is 2. The van der Waals surface area contributed by atoms with Crippen molar-refractivity contribution in [2.75, 3.05) is 39.0 Å². The second-order valence-corrected chi connectivity index (χ2v) is 10.4. The molecule has 0 radical (unpaired) electrons. The van der Waals surface area contributed by atoms with Crippen LogP contribution < -0.4 is 10.6 Å². The maximum absolute atomic E-state index is 12.2. The first kappa shape index (κ1) is 24.4. The van der Waals surface area contributed by atoms with E-state index in [2.05, 4.69) is 15.6 Å². The summed E-state index contributed by atoms with van der Waals surface area (Å²) in [7, 11) is -1.29. The van der Waals surface area contributed by atoms with E-state index in [1.807, 2.05) is 6.92 Å². The highest BCUT2D eigenvalue weighted by molar-refractivity contribution is 7.89. The fourth-order valence-electron chi connectivity index (χ4n) is 4.15. The standard InChI is InChI=1S/C21H42N4O3S/c1-3-18-29(26,27)25-15-12-19(13-16-25)24-21(22-2)23-14-8-9-17-28-20-10-6-4-5-7-11-20/h19-20H,3-18H2,1-2H3,(H2,22,23,24). The first-order valence-corrected chi connectivity index (χ1v) is 13.2. The molecular formula is C21H42N4O3S. The first-order chi connectivity index (χ1) is 14.0. The number of piperidine rings is 1. The Morgan fingerprint density at radius 3 is 2.38 bits per heavy atom. The Bertz CT molecular complexity index is 566. The normalized spacial score (nSPS) is 21.1. The van der Waals surface area contributed by atoms with Crippen LogP contribution in [0.4, 0.5) is 0 Å². The van der Waals surface area contributed by atoms with Gasteiger partial charge in [0.2, 0.25) is 10.0 Å². The van der Waals surface area contributed by atoms with Crippen LogP contribution in [0.25, 0.3) is 0 Å². The number of hydrogen-bond acceptors (Lipinski definition) is 4. The van der Waals surface area contributed by atoms with Crippen LogP contribution in [-0.4, -0.2) is 69.9 Å². The molecule has 1 aliphatic heterocycles. The van der Waals surface area contributed by atoms with Crippen LogP contribution in [0.5, 0.6) is 0 Å². The van der Waals surface area contributed by atoms with Gasteiger partial charge in [-0.25, -0.2) is 12.7 Å². The molecule has 7 nitrogen and oxygen atoms in total. The Morgan fingerprint density at radius 2 is 1.76 bits per heavy atom. The molecule has 1 aliphatic carbocycles. The predicted molar refractivity (Wildman–Crippen MR) is 120 cm³/mol. The van der Waals surface area contributed by atoms with E-state index in [0.29, 0.717) is 25.6 Å². The van der Waals surface area contributed by atoms with Crippen LogP contribution in [0.3, 0.4) is 0 Å². The van der Waals surface area contributed by atoms with Crippen LogP contribution in [0.1, 0.15) is 77.6 Å². The van der Waals surface area contributed by atoms with Gasteiger partial charge in [-0.3, -0.25) is 4.99 Å². The molecule has 2 rings (SSSR count). The molecule has 0 atom stereocenters. The lowest BCUT2D eigenvalue weighted by Crippen LogP contribution is -2.50. The van der Waals surface area contributed by atoms with Crippen LogP contribution in [0.15, 0.2) is 4.99 Å². The van der Waals surface area contributed by atoms with Crippen LogP contribution >= 0.6 is 0 Å². The number of ether oxygens (including phenoxy) is 1. The molecule has 0 bridgehead atoms. The van der Waals surface area contributed by atoms with Gasteiger partial charge in [0, 0.05) is 39.3 Å². The molecule has 170 valence electrons. The van der Waals surface area contributed by atoms with E-state index in [1.165, 1.54) is 38.5 Å². The third kappa shape index (κ3) is 9.22. The first-order valence-electron chi connectivity index (χ1n) is 11.6. The van der Waals surface area contributed by atoms with Crippen molar-refractivity contribution in [3.05, 3.63) is 0 Å². The lowest BCUT2D eigenvalue weighted by molar-refractivity contribution is 0.0411. The minimum atomic E-state index is -3.08. The smallest absolute Gasteiger partial charge is 0.214 e. The zero-order chi connectivity index (χ0) is 21.0. The number of sulfonamides is 1. The van der Waals surface area contributed by atoms with Gasteiger partial charge in [0.05, 0.1) is 11.9 Å². The van der Waals surface area contributed by atoms with E-state index >= 15 is 0 Å². The Labute approximate surface area is 178 Å². The maximum Gasteiger partial charge on any atom is 0.214 e. The van der Waals surface area contributed by atoms with E-state index in [9.17, 15) is 8.42 Å². The molecule has 1 heterocycles. The highest BCUT2D eigenvalue weighted by Gasteiger charge is 2.27. The summed E-state index contributed by atoms with van der Waals surface area (Å²) < 4.78 is 32.0. The fraction of sp³-hybridized carbons (Fsp3) is 0.952. The highest BCUT2D eigenvalue weighted by Crippen LogP contribution is 2.20. The van der Waals surface area contributed by atoms with Gasteiger partial charge in [0.25, 0.3) is 0 Å². The Balaban J connectivity index is 1.56. The third-order valence-electron chi connectivity index (χ3n) is 5.89. The summed E-state index contributed by atoms with van der Waals surface area (Å²) in [5, 5.41) is 6.82. The van der Waals surface area contributed by atoms with Crippen molar-refractivity contribution < 1.29 is 13.2 Å². The average Bonchev–Trinajstić information content (AvgIpc) is 2.99. The van der Waals surface area contributed by atoms with Crippen molar-refractivity contribution in [1.82, 2.24) is 14.9 Å². The van der Waals surface area contributed by atoms with Gasteiger partial charge in [0.1, 0.15) is 0 Å². The summed E-state index contributed by atoms with van der Waals surface area (Å²) in [6.45, 7) is 4.82. The van der Waals surface area contributed by atoms with Crippen molar-refractivity contribution in [3.8, 4) is 0 Å². The lowest BCUT2D eigenvalue weighted by atomic mass is 10.1. The number of guanidine groups is 1. The lowest BCUT2D eigenvalue weighted by Gasteiger charge is -2.32. The molecule has 0 unspecified atom stereocenters. The average molecular weight is 431 g/mol. The van der Waals surface area contributed by atoms with E-state index in [4.69, 9.17) is 4.74 Å². The van der Waals surface area contributed by atoms with Crippen LogP contribution in [-0.2, 0) is 14.8 Å². The summed E-state index contributed by atoms with van der Waals surface area (Å²) >= 11 is 0. The monoisotopic (exact) mass is 430 g/mol. The van der Waals surface area contributed by atoms with Gasteiger partial charge in [-0.05, 0) is 44.9 Å². The minimum Gasteiger partial charge on any atom is -0.378 e. The molecule has 1 saturated heterocycles. The molecule has 1 saturated carbocycles. The van der Waals surface area contributed by atoms with Gasteiger partial charge >= 0.3 is 0 Å². The largest absolute Gasteiger partial charge is 0.378 e. The number of nitrogens with one attached hydrogen (secondary N) is 2. The second-order valence-electron chi connectivity index (χ2n) is 8.32. The number of hydrogen-bond donors (Lipinski definition) is 2. The van der Waals surface area contributed by atoms with Crippen LogP contribution in [0.2, 0.25) is 0 Å². The molecule has 2 N–H and O–H groups in total. The van der Waals surface area contributed by atoms with E-state index < -0.39 is 10.0 Å². The van der Waals surface area contributed by atoms with Gasteiger partial charge in [0.15, 0.2) is 5.96 Å². The van der Waals surface area contributed by atoms with E-state index in [-0.39, 0.29) is 11.8 Å². The maximum atomic E-state index is 12.2. The van der Waals surface area contributed by atoms with Gasteiger partial charge in [-0.15, -0.1) is 0 Å². The molecule has 2 fully saturated rings. The van der Waals surface area contributed by atoms with Crippen molar-refractivity contribution in [3.63, 3.8) is 0 Å². The molecule has 29 heavy (non-hydrogen) atoms. The minimum absolute atomic E-state index is 0.249. The summed E-state index contributed by atoms with van der Waals surface area (Å²) in [5.74, 6) is 1.06. The highest BCUT2D eigenvalue weighted by atomic mass is 32.2. The SMILES string of the molecule is CCCS(=O)(=O)N1CCC(NC(=NC)NCCCCOC2CCCCCC2)CC1. The summed E-state index contributed by atoms with van der Waals surface area (Å²) in [4.78, 5) is 4.31. The molecule has 0 spiro atoms. The number of rotatable bonds is 10. The second kappa shape index (κ2) is 13.4. The molecule has 8 heteroatoms. The zero-order valence-corrected chi connectivity index (χ0v) is 19.3. The van der Waals surface area contributed by atoms with Crippen molar-refractivity contribution in [2.45, 2.75) is 89.7 Å². The zero-order valence-electron chi connectivity index (χ0n) is 18.5. The molecule has 0 amide bonds. The van der Waals surface area contributed by atoms with Gasteiger partial charge in [-0.1, -0.05) is 32.6 Å².